The first-order chi connectivity index (χ1) is 13.7. The zero-order valence-electron chi connectivity index (χ0n) is 15.2. The van der Waals surface area contributed by atoms with Crippen molar-refractivity contribution in [2.75, 3.05) is 13.7 Å². The van der Waals surface area contributed by atoms with Gasteiger partial charge in [-0.2, -0.15) is 13.2 Å². The Balaban J connectivity index is 1.60. The molecule has 0 aliphatic carbocycles. The Labute approximate surface area is 165 Å². The van der Waals surface area contributed by atoms with Gasteiger partial charge in [-0.05, 0) is 48.5 Å². The molecule has 0 atom stereocenters. The minimum Gasteiger partial charge on any atom is -0.497 e. The molecule has 0 saturated carbocycles. The second-order valence-electron chi connectivity index (χ2n) is 6.04. The number of alkyl halides is 3. The molecule has 2 aromatic carbocycles. The maximum Gasteiger partial charge on any atom is 0.416 e. The van der Waals surface area contributed by atoms with Crippen LogP contribution in [-0.4, -0.2) is 27.1 Å². The Morgan fingerprint density at radius 1 is 1.07 bits per heavy atom. The summed E-state index contributed by atoms with van der Waals surface area (Å²) in [5, 5.41) is 0. The largest absolute Gasteiger partial charge is 0.497 e. The number of methoxy groups -OCH3 is 1. The molecular formula is C19H17F3N2O4S. The van der Waals surface area contributed by atoms with Crippen molar-refractivity contribution in [1.29, 1.82) is 0 Å². The molecule has 1 heterocycles. The highest BCUT2D eigenvalue weighted by Crippen LogP contribution is 2.29. The summed E-state index contributed by atoms with van der Waals surface area (Å²) in [6, 6.07) is 10.4. The van der Waals surface area contributed by atoms with Crippen LogP contribution in [0.25, 0.3) is 11.5 Å². The maximum atomic E-state index is 12.6. The molecule has 0 radical (unpaired) electrons. The van der Waals surface area contributed by atoms with E-state index in [1.54, 1.807) is 31.4 Å². The lowest BCUT2D eigenvalue weighted by atomic mass is 10.2. The molecule has 0 unspecified atom stereocenters. The minimum atomic E-state index is -4.52. The molecule has 6 nitrogen and oxygen atoms in total. The van der Waals surface area contributed by atoms with Gasteiger partial charge in [-0.15, -0.1) is 0 Å². The first kappa shape index (κ1) is 20.9. The number of benzene rings is 2. The van der Waals surface area contributed by atoms with E-state index < -0.39 is 21.8 Å². The molecule has 0 bridgehead atoms. The molecule has 154 valence electrons. The number of hydrogen-bond donors (Lipinski definition) is 1. The van der Waals surface area contributed by atoms with Gasteiger partial charge in [0.25, 0.3) is 0 Å². The number of sulfonamides is 1. The fourth-order valence-electron chi connectivity index (χ4n) is 2.51. The van der Waals surface area contributed by atoms with Gasteiger partial charge in [0.2, 0.25) is 15.9 Å². The number of aromatic nitrogens is 1. The lowest BCUT2D eigenvalue weighted by molar-refractivity contribution is -0.137. The second kappa shape index (κ2) is 8.26. The highest BCUT2D eigenvalue weighted by molar-refractivity contribution is 7.89. The molecule has 3 aromatic rings. The Morgan fingerprint density at radius 2 is 1.72 bits per heavy atom. The Hall–Kier alpha value is -2.85. The van der Waals surface area contributed by atoms with Gasteiger partial charge < -0.3 is 9.15 Å². The van der Waals surface area contributed by atoms with E-state index in [1.807, 2.05) is 0 Å². The van der Waals surface area contributed by atoms with Crippen LogP contribution in [0.3, 0.4) is 0 Å². The first-order valence-electron chi connectivity index (χ1n) is 8.45. The quantitative estimate of drug-likeness (QED) is 0.620. The van der Waals surface area contributed by atoms with E-state index in [2.05, 4.69) is 9.71 Å². The Morgan fingerprint density at radius 3 is 2.31 bits per heavy atom. The number of halogens is 3. The van der Waals surface area contributed by atoms with Gasteiger partial charge in [-0.25, -0.2) is 18.1 Å². The third kappa shape index (κ3) is 5.15. The molecule has 0 aliphatic heterocycles. The SMILES string of the molecule is COc1ccc(-c2nc(CCNS(=O)(=O)c3ccc(C(F)(F)F)cc3)co2)cc1. The standard InChI is InChI=1S/C19H17F3N2O4S/c1-27-16-6-2-13(3-7-16)18-24-15(12-28-18)10-11-23-29(25,26)17-8-4-14(5-9-17)19(20,21)22/h2-9,12,23H,10-11H2,1H3. The predicted octanol–water partition coefficient (Wildman–Crippen LogP) is 3.89. The van der Waals surface area contributed by atoms with Crippen molar-refractivity contribution in [2.24, 2.45) is 0 Å². The summed E-state index contributed by atoms with van der Waals surface area (Å²) >= 11 is 0. The average molecular weight is 426 g/mol. The third-order valence-electron chi connectivity index (χ3n) is 4.05. The van der Waals surface area contributed by atoms with E-state index in [9.17, 15) is 21.6 Å². The van der Waals surface area contributed by atoms with Crippen LogP contribution >= 0.6 is 0 Å². The summed E-state index contributed by atoms with van der Waals surface area (Å²) < 4.78 is 75.0. The predicted molar refractivity (Wildman–Crippen MR) is 98.8 cm³/mol. The fraction of sp³-hybridized carbons (Fsp3) is 0.211. The summed E-state index contributed by atoms with van der Waals surface area (Å²) in [4.78, 5) is 4.05. The van der Waals surface area contributed by atoms with Crippen LogP contribution in [0.5, 0.6) is 5.75 Å². The molecule has 0 aliphatic rings. The van der Waals surface area contributed by atoms with Gasteiger partial charge in [0.1, 0.15) is 12.0 Å². The van der Waals surface area contributed by atoms with Crippen molar-refractivity contribution in [1.82, 2.24) is 9.71 Å². The lowest BCUT2D eigenvalue weighted by Gasteiger charge is -2.09. The smallest absolute Gasteiger partial charge is 0.416 e. The summed E-state index contributed by atoms with van der Waals surface area (Å²) in [6.07, 6.45) is -2.85. The van der Waals surface area contributed by atoms with E-state index in [4.69, 9.17) is 9.15 Å². The number of nitrogens with one attached hydrogen (secondary N) is 1. The lowest BCUT2D eigenvalue weighted by Crippen LogP contribution is -2.26. The zero-order chi connectivity index (χ0) is 21.1. The molecule has 0 saturated heterocycles. The zero-order valence-corrected chi connectivity index (χ0v) is 16.0. The van der Waals surface area contributed by atoms with Gasteiger partial charge in [-0.3, -0.25) is 0 Å². The van der Waals surface area contributed by atoms with Gasteiger partial charge in [0.15, 0.2) is 0 Å². The van der Waals surface area contributed by atoms with Crippen molar-refractivity contribution in [3.05, 3.63) is 66.1 Å². The van der Waals surface area contributed by atoms with Crippen molar-refractivity contribution in [3.8, 4) is 17.2 Å². The average Bonchev–Trinajstić information content (AvgIpc) is 3.16. The minimum absolute atomic E-state index is 0.0118. The van der Waals surface area contributed by atoms with Gasteiger partial charge >= 0.3 is 6.18 Å². The second-order valence-corrected chi connectivity index (χ2v) is 7.81. The topological polar surface area (TPSA) is 81.4 Å². The molecule has 1 N–H and O–H groups in total. The summed E-state index contributed by atoms with van der Waals surface area (Å²) in [7, 11) is -2.38. The van der Waals surface area contributed by atoms with Gasteiger partial charge in [0, 0.05) is 18.5 Å². The molecule has 10 heteroatoms. The number of ether oxygens (including phenoxy) is 1. The molecule has 0 amide bonds. The Kier molecular flexibility index (Phi) is 5.94. The fourth-order valence-corrected chi connectivity index (χ4v) is 3.54. The third-order valence-corrected chi connectivity index (χ3v) is 5.53. The van der Waals surface area contributed by atoms with E-state index in [0.29, 0.717) is 17.3 Å². The number of rotatable bonds is 7. The van der Waals surface area contributed by atoms with Crippen molar-refractivity contribution in [3.63, 3.8) is 0 Å². The van der Waals surface area contributed by atoms with Gasteiger partial charge in [-0.1, -0.05) is 0 Å². The highest BCUT2D eigenvalue weighted by atomic mass is 32.2. The maximum absolute atomic E-state index is 12.6. The van der Waals surface area contributed by atoms with Crippen LogP contribution in [0.2, 0.25) is 0 Å². The normalized spacial score (nSPS) is 12.1. The number of hydrogen-bond acceptors (Lipinski definition) is 5. The van der Waals surface area contributed by atoms with Crippen LogP contribution in [-0.2, 0) is 22.6 Å². The monoisotopic (exact) mass is 426 g/mol. The molecule has 0 spiro atoms. The van der Waals surface area contributed by atoms with Crippen LogP contribution in [0.1, 0.15) is 11.3 Å². The van der Waals surface area contributed by atoms with E-state index in [0.717, 1.165) is 29.8 Å². The van der Waals surface area contributed by atoms with Crippen LogP contribution < -0.4 is 9.46 Å². The van der Waals surface area contributed by atoms with Crippen molar-refractivity contribution < 1.29 is 30.7 Å². The molecule has 3 rings (SSSR count). The highest BCUT2D eigenvalue weighted by Gasteiger charge is 2.30. The van der Waals surface area contributed by atoms with Crippen molar-refractivity contribution >= 4 is 10.0 Å². The Bertz CT molecular complexity index is 1060. The van der Waals surface area contributed by atoms with Crippen molar-refractivity contribution in [2.45, 2.75) is 17.5 Å². The van der Waals surface area contributed by atoms with Crippen LogP contribution in [0, 0.1) is 0 Å². The molecular weight excluding hydrogens is 409 g/mol. The van der Waals surface area contributed by atoms with Crippen LogP contribution in [0.15, 0.2) is 64.1 Å². The van der Waals surface area contributed by atoms with Gasteiger partial charge in [0.05, 0.1) is 23.3 Å². The molecule has 0 fully saturated rings. The van der Waals surface area contributed by atoms with E-state index in [1.165, 1.54) is 6.26 Å². The van der Waals surface area contributed by atoms with Crippen LogP contribution in [0.4, 0.5) is 13.2 Å². The number of oxazole rings is 1. The number of nitrogens with zero attached hydrogens (tertiary/aromatic N) is 1. The summed E-state index contributed by atoms with van der Waals surface area (Å²) in [6.45, 7) is 0.0118. The van der Waals surface area contributed by atoms with E-state index >= 15 is 0 Å². The first-order valence-corrected chi connectivity index (χ1v) is 9.93. The summed E-state index contributed by atoms with van der Waals surface area (Å²) in [5.74, 6) is 1.08. The molecule has 1 aromatic heterocycles. The summed E-state index contributed by atoms with van der Waals surface area (Å²) in [5.41, 5.74) is 0.360. The molecule has 29 heavy (non-hydrogen) atoms. The van der Waals surface area contributed by atoms with E-state index in [-0.39, 0.29) is 17.9 Å².